The van der Waals surface area contributed by atoms with Crippen LogP contribution in [0.3, 0.4) is 0 Å². The summed E-state index contributed by atoms with van der Waals surface area (Å²) in [6.45, 7) is 4.19. The zero-order chi connectivity index (χ0) is 24.0. The molecule has 1 N–H and O–H groups in total. The van der Waals surface area contributed by atoms with Crippen LogP contribution >= 0.6 is 11.3 Å². The molecule has 0 radical (unpaired) electrons. The molecule has 4 heterocycles. The second kappa shape index (κ2) is 8.69. The molecule has 0 saturated carbocycles. The van der Waals surface area contributed by atoms with Crippen LogP contribution in [-0.4, -0.2) is 51.4 Å². The smallest absolute Gasteiger partial charge is 0.351 e. The maximum absolute atomic E-state index is 13.5. The molecule has 1 saturated heterocycles. The van der Waals surface area contributed by atoms with E-state index in [0.717, 1.165) is 11.1 Å². The molecule has 0 aromatic carbocycles. The van der Waals surface area contributed by atoms with Crippen molar-refractivity contribution in [2.75, 3.05) is 18.4 Å². The number of anilines is 1. The Kier molecular flexibility index (Phi) is 6.22. The number of hydrogen-bond acceptors (Lipinski definition) is 7. The van der Waals surface area contributed by atoms with Crippen LogP contribution < -0.4 is 5.32 Å². The monoisotopic (exact) mass is 500 g/mol. The summed E-state index contributed by atoms with van der Waals surface area (Å²) in [6, 6.07) is 3.16. The third-order valence-corrected chi connectivity index (χ3v) is 8.29. The van der Waals surface area contributed by atoms with Crippen LogP contribution in [0.5, 0.6) is 0 Å². The zero-order valence-corrected chi connectivity index (χ0v) is 19.8. The minimum absolute atomic E-state index is 0.00874. The van der Waals surface area contributed by atoms with Gasteiger partial charge >= 0.3 is 6.18 Å². The van der Waals surface area contributed by atoms with Crippen molar-refractivity contribution in [1.29, 1.82) is 0 Å². The molecule has 1 fully saturated rings. The summed E-state index contributed by atoms with van der Waals surface area (Å²) in [6.07, 6.45) is -0.451. The predicted octanol–water partition coefficient (Wildman–Crippen LogP) is 3.78. The van der Waals surface area contributed by atoms with Crippen LogP contribution in [0.15, 0.2) is 35.9 Å². The van der Waals surface area contributed by atoms with E-state index in [0.29, 0.717) is 11.3 Å². The molecule has 1 aliphatic rings. The molecule has 13 heteroatoms. The van der Waals surface area contributed by atoms with Gasteiger partial charge < -0.3 is 9.88 Å². The van der Waals surface area contributed by atoms with Gasteiger partial charge in [0.15, 0.2) is 5.03 Å². The topological polar surface area (TPSA) is 93.0 Å². The fourth-order valence-corrected chi connectivity index (χ4v) is 6.16. The predicted molar refractivity (Wildman–Crippen MR) is 118 cm³/mol. The second-order valence-electron chi connectivity index (χ2n) is 8.12. The largest absolute Gasteiger partial charge is 0.420 e. The number of nitrogens with one attached hydrogen (secondary N) is 1. The van der Waals surface area contributed by atoms with Gasteiger partial charge in [0.1, 0.15) is 5.56 Å². The highest BCUT2D eigenvalue weighted by molar-refractivity contribution is 7.89. The van der Waals surface area contributed by atoms with Crippen molar-refractivity contribution in [3.63, 3.8) is 0 Å². The molecule has 4 rings (SSSR count). The Morgan fingerprint density at radius 2 is 2.00 bits per heavy atom. The van der Waals surface area contributed by atoms with Crippen LogP contribution in [0.2, 0.25) is 0 Å². The highest BCUT2D eigenvalue weighted by Crippen LogP contribution is 2.38. The quantitative estimate of drug-likeness (QED) is 0.573. The number of rotatable bonds is 5. The maximum atomic E-state index is 13.5. The summed E-state index contributed by atoms with van der Waals surface area (Å²) in [4.78, 5) is 13.3. The van der Waals surface area contributed by atoms with Gasteiger partial charge in [-0.2, -0.15) is 17.5 Å². The molecule has 0 unspecified atom stereocenters. The van der Waals surface area contributed by atoms with Gasteiger partial charge in [-0.05, 0) is 31.4 Å². The average Bonchev–Trinajstić information content (AvgIpc) is 3.37. The number of aromatic nitrogens is 4. The lowest BCUT2D eigenvalue weighted by Gasteiger charge is -2.36. The molecule has 33 heavy (non-hydrogen) atoms. The molecule has 8 nitrogen and oxygen atoms in total. The standard InChI is InChI=1S/C20H23F3N6O2S2/c1-12-9-29(33(30,31)17-10-28(3)11-25-17)7-6-15(12)26-19-24-8-14(20(21,22)23)18(27-19)16-5-4-13(2)32-16/h4-5,8,10-12,15H,6-7,9H2,1-3H3,(H,24,26,27)/t12-,15+/m1/s1. The fraction of sp³-hybridized carbons (Fsp3) is 0.450. The van der Waals surface area contributed by atoms with Crippen molar-refractivity contribution in [2.24, 2.45) is 13.0 Å². The summed E-state index contributed by atoms with van der Waals surface area (Å²) < 4.78 is 69.2. The number of thiophene rings is 1. The second-order valence-corrected chi connectivity index (χ2v) is 11.3. The van der Waals surface area contributed by atoms with Crippen molar-refractivity contribution in [3.05, 3.63) is 41.3 Å². The number of sulfonamides is 1. The van der Waals surface area contributed by atoms with E-state index in [9.17, 15) is 21.6 Å². The minimum atomic E-state index is -4.58. The highest BCUT2D eigenvalue weighted by Gasteiger charge is 2.37. The van der Waals surface area contributed by atoms with E-state index in [4.69, 9.17) is 0 Å². The SMILES string of the molecule is Cc1ccc(-c2nc(N[C@H]3CCN(S(=O)(=O)c4cn(C)cn4)C[C@H]3C)ncc2C(F)(F)F)s1. The Hall–Kier alpha value is -2.51. The Balaban J connectivity index is 1.53. The summed E-state index contributed by atoms with van der Waals surface area (Å²) in [7, 11) is -2.02. The molecule has 0 amide bonds. The fourth-order valence-electron chi connectivity index (χ4n) is 3.77. The van der Waals surface area contributed by atoms with Crippen LogP contribution in [0, 0.1) is 12.8 Å². The first-order chi connectivity index (χ1) is 15.4. The van der Waals surface area contributed by atoms with Crippen LogP contribution in [0.4, 0.5) is 19.1 Å². The van der Waals surface area contributed by atoms with Gasteiger partial charge in [0.25, 0.3) is 10.0 Å². The number of aryl methyl sites for hydroxylation is 2. The van der Waals surface area contributed by atoms with Crippen LogP contribution in [0.1, 0.15) is 23.8 Å². The van der Waals surface area contributed by atoms with Crippen LogP contribution in [-0.2, 0) is 23.2 Å². The molecule has 0 spiro atoms. The lowest BCUT2D eigenvalue weighted by molar-refractivity contribution is -0.137. The Bertz CT molecular complexity index is 1250. The molecule has 3 aromatic rings. The van der Waals surface area contributed by atoms with E-state index in [1.807, 2.05) is 13.8 Å². The zero-order valence-electron chi connectivity index (χ0n) is 18.2. The van der Waals surface area contributed by atoms with Gasteiger partial charge in [-0.1, -0.05) is 6.92 Å². The normalized spacial score (nSPS) is 20.2. The van der Waals surface area contributed by atoms with Gasteiger partial charge in [0.05, 0.1) is 16.9 Å². The average molecular weight is 501 g/mol. The van der Waals surface area contributed by atoms with Gasteiger partial charge in [-0.15, -0.1) is 11.3 Å². The van der Waals surface area contributed by atoms with E-state index in [2.05, 4.69) is 20.3 Å². The maximum Gasteiger partial charge on any atom is 0.420 e. The van der Waals surface area contributed by atoms with E-state index in [1.165, 1.54) is 28.2 Å². The van der Waals surface area contributed by atoms with Gasteiger partial charge in [-0.25, -0.2) is 23.4 Å². The Morgan fingerprint density at radius 1 is 1.24 bits per heavy atom. The first kappa shape index (κ1) is 23.6. The number of alkyl halides is 3. The number of piperidine rings is 1. The van der Waals surface area contributed by atoms with E-state index >= 15 is 0 Å². The van der Waals surface area contributed by atoms with Gasteiger partial charge in [0.2, 0.25) is 5.95 Å². The van der Waals surface area contributed by atoms with Gasteiger partial charge in [0, 0.05) is 43.4 Å². The molecule has 178 valence electrons. The van der Waals surface area contributed by atoms with Crippen molar-refractivity contribution < 1.29 is 21.6 Å². The van der Waals surface area contributed by atoms with Crippen molar-refractivity contribution >= 4 is 27.3 Å². The molecule has 0 bridgehead atoms. The molecular formula is C20H23F3N6O2S2. The van der Waals surface area contributed by atoms with E-state index < -0.39 is 21.8 Å². The summed E-state index contributed by atoms with van der Waals surface area (Å²) in [5, 5.41) is 3.11. The molecular weight excluding hydrogens is 477 g/mol. The lowest BCUT2D eigenvalue weighted by Crippen LogP contribution is -2.47. The van der Waals surface area contributed by atoms with Crippen molar-refractivity contribution in [3.8, 4) is 10.6 Å². The summed E-state index contributed by atoms with van der Waals surface area (Å²) in [5.74, 6) is -0.0440. The summed E-state index contributed by atoms with van der Waals surface area (Å²) >= 11 is 1.23. The van der Waals surface area contributed by atoms with Crippen LogP contribution in [0.25, 0.3) is 10.6 Å². The number of nitrogens with zero attached hydrogens (tertiary/aromatic N) is 5. The number of halogens is 3. The number of imidazole rings is 1. The molecule has 2 atom stereocenters. The minimum Gasteiger partial charge on any atom is -0.351 e. The first-order valence-electron chi connectivity index (χ1n) is 10.2. The third-order valence-electron chi connectivity index (χ3n) is 5.54. The molecule has 1 aliphatic heterocycles. The van der Waals surface area contributed by atoms with Gasteiger partial charge in [-0.3, -0.25) is 0 Å². The Morgan fingerprint density at radius 3 is 2.58 bits per heavy atom. The highest BCUT2D eigenvalue weighted by atomic mass is 32.2. The van der Waals surface area contributed by atoms with Crippen molar-refractivity contribution in [1.82, 2.24) is 23.8 Å². The first-order valence-corrected chi connectivity index (χ1v) is 12.5. The molecule has 3 aromatic heterocycles. The Labute approximate surface area is 193 Å². The number of hydrogen-bond donors (Lipinski definition) is 1. The lowest BCUT2D eigenvalue weighted by atomic mass is 9.95. The summed E-state index contributed by atoms with van der Waals surface area (Å²) in [5.41, 5.74) is -1.06. The molecule has 0 aliphatic carbocycles. The van der Waals surface area contributed by atoms with E-state index in [1.54, 1.807) is 23.7 Å². The van der Waals surface area contributed by atoms with E-state index in [-0.39, 0.29) is 41.7 Å². The third kappa shape index (κ3) is 4.89. The van der Waals surface area contributed by atoms with Crippen molar-refractivity contribution in [2.45, 2.75) is 37.5 Å².